The smallest absolute Gasteiger partial charge is 0.222 e. The highest BCUT2D eigenvalue weighted by Crippen LogP contribution is 2.29. The van der Waals surface area contributed by atoms with Crippen LogP contribution in [0.4, 0.5) is 0 Å². The van der Waals surface area contributed by atoms with Crippen molar-refractivity contribution in [2.75, 3.05) is 26.2 Å². The normalized spacial score (nSPS) is 18.7. The van der Waals surface area contributed by atoms with Crippen LogP contribution in [0, 0.1) is 5.92 Å². The highest BCUT2D eigenvalue weighted by atomic mass is 16.2. The predicted octanol–water partition coefficient (Wildman–Crippen LogP) is 3.10. The van der Waals surface area contributed by atoms with E-state index in [0.29, 0.717) is 5.91 Å². The summed E-state index contributed by atoms with van der Waals surface area (Å²) in [6.07, 6.45) is 12.9. The molecule has 1 saturated carbocycles. The van der Waals surface area contributed by atoms with Crippen molar-refractivity contribution in [1.82, 2.24) is 24.6 Å². The molecule has 0 N–H and O–H groups in total. The third-order valence-electron chi connectivity index (χ3n) is 6.22. The van der Waals surface area contributed by atoms with Crippen molar-refractivity contribution in [2.45, 2.75) is 45.1 Å². The second-order valence-electron chi connectivity index (χ2n) is 8.26. The Morgan fingerprint density at radius 2 is 1.82 bits per heavy atom. The number of carbonyl (C=O) groups excluding carboxylic acids is 1. The van der Waals surface area contributed by atoms with Gasteiger partial charge < -0.3 is 4.90 Å². The van der Waals surface area contributed by atoms with Crippen LogP contribution in [0.1, 0.15) is 44.1 Å². The van der Waals surface area contributed by atoms with E-state index < -0.39 is 0 Å². The fourth-order valence-electron chi connectivity index (χ4n) is 4.59. The number of piperazine rings is 1. The van der Waals surface area contributed by atoms with E-state index in [-0.39, 0.29) is 0 Å². The van der Waals surface area contributed by atoms with Gasteiger partial charge in [0, 0.05) is 75.9 Å². The number of amides is 1. The molecule has 4 rings (SSSR count). The van der Waals surface area contributed by atoms with Crippen LogP contribution in [0.5, 0.6) is 0 Å². The molecule has 1 amide bonds. The van der Waals surface area contributed by atoms with Crippen LogP contribution in [0.2, 0.25) is 0 Å². The zero-order valence-electron chi connectivity index (χ0n) is 16.9. The molecule has 0 atom stereocenters. The second kappa shape index (κ2) is 8.86. The van der Waals surface area contributed by atoms with E-state index in [0.717, 1.165) is 62.7 Å². The molecule has 2 aliphatic rings. The monoisotopic (exact) mass is 381 g/mol. The average molecular weight is 382 g/mol. The van der Waals surface area contributed by atoms with Crippen molar-refractivity contribution in [3.8, 4) is 11.3 Å². The lowest BCUT2D eigenvalue weighted by atomic mass is 10.0. The molecule has 0 aromatic carbocycles. The van der Waals surface area contributed by atoms with Crippen molar-refractivity contribution < 1.29 is 4.79 Å². The van der Waals surface area contributed by atoms with Crippen molar-refractivity contribution in [2.24, 2.45) is 13.0 Å². The van der Waals surface area contributed by atoms with Gasteiger partial charge in [0.05, 0.1) is 5.69 Å². The summed E-state index contributed by atoms with van der Waals surface area (Å²) in [5.41, 5.74) is 3.36. The summed E-state index contributed by atoms with van der Waals surface area (Å²) in [6, 6.07) is 4.01. The van der Waals surface area contributed by atoms with Gasteiger partial charge in [0.25, 0.3) is 0 Å². The molecule has 2 aromatic heterocycles. The summed E-state index contributed by atoms with van der Waals surface area (Å²) in [7, 11) is 1.97. The molecule has 0 bridgehead atoms. The molecule has 1 aliphatic heterocycles. The molecule has 1 saturated heterocycles. The molecule has 6 nitrogen and oxygen atoms in total. The zero-order chi connectivity index (χ0) is 19.3. The minimum absolute atomic E-state index is 0.352. The van der Waals surface area contributed by atoms with E-state index in [2.05, 4.69) is 26.1 Å². The van der Waals surface area contributed by atoms with Gasteiger partial charge in [-0.3, -0.25) is 19.4 Å². The Morgan fingerprint density at radius 1 is 1.11 bits per heavy atom. The lowest BCUT2D eigenvalue weighted by molar-refractivity contribution is -0.133. The number of nitrogens with zero attached hydrogens (tertiary/aromatic N) is 5. The van der Waals surface area contributed by atoms with Crippen LogP contribution < -0.4 is 0 Å². The number of aryl methyl sites for hydroxylation is 1. The Labute approximate surface area is 167 Å². The van der Waals surface area contributed by atoms with Gasteiger partial charge in [-0.2, -0.15) is 5.10 Å². The molecular weight excluding hydrogens is 350 g/mol. The van der Waals surface area contributed by atoms with E-state index in [4.69, 9.17) is 0 Å². The van der Waals surface area contributed by atoms with Gasteiger partial charge in [-0.15, -0.1) is 0 Å². The minimum Gasteiger partial charge on any atom is -0.340 e. The van der Waals surface area contributed by atoms with Gasteiger partial charge in [0.2, 0.25) is 5.91 Å². The van der Waals surface area contributed by atoms with Crippen molar-refractivity contribution in [3.63, 3.8) is 0 Å². The standard InChI is InChI=1S/C22H31N5O/c1-25-16-20(22(24-25)19-8-10-23-11-9-19)17-26-12-14-27(15-13-26)21(28)7-6-18-4-2-3-5-18/h8-11,16,18H,2-7,12-15,17H2,1H3. The van der Waals surface area contributed by atoms with Crippen LogP contribution in [0.25, 0.3) is 11.3 Å². The number of rotatable bonds is 6. The van der Waals surface area contributed by atoms with Gasteiger partial charge in [-0.25, -0.2) is 0 Å². The average Bonchev–Trinajstić information content (AvgIpc) is 3.37. The van der Waals surface area contributed by atoms with E-state index in [1.54, 1.807) is 0 Å². The summed E-state index contributed by atoms with van der Waals surface area (Å²) in [5.74, 6) is 1.15. The molecular formula is C22H31N5O. The number of pyridine rings is 1. The first kappa shape index (κ1) is 19.1. The van der Waals surface area contributed by atoms with Gasteiger partial charge in [-0.1, -0.05) is 25.7 Å². The van der Waals surface area contributed by atoms with Crippen LogP contribution in [0.15, 0.2) is 30.7 Å². The van der Waals surface area contributed by atoms with Gasteiger partial charge in [0.15, 0.2) is 0 Å². The summed E-state index contributed by atoms with van der Waals surface area (Å²) < 4.78 is 1.88. The Morgan fingerprint density at radius 3 is 2.54 bits per heavy atom. The Bertz CT molecular complexity index is 773. The van der Waals surface area contributed by atoms with E-state index >= 15 is 0 Å². The molecule has 1 aliphatic carbocycles. The molecule has 2 aromatic rings. The summed E-state index contributed by atoms with van der Waals surface area (Å²) in [4.78, 5) is 21.2. The third-order valence-corrected chi connectivity index (χ3v) is 6.22. The summed E-state index contributed by atoms with van der Waals surface area (Å²) in [5, 5.41) is 4.65. The molecule has 0 unspecified atom stereocenters. The van der Waals surface area contributed by atoms with Crippen LogP contribution in [0.3, 0.4) is 0 Å². The number of hydrogen-bond donors (Lipinski definition) is 0. The number of carbonyl (C=O) groups is 1. The van der Waals surface area contributed by atoms with Crippen LogP contribution >= 0.6 is 0 Å². The SMILES string of the molecule is Cn1cc(CN2CCN(C(=O)CCC3CCCC3)CC2)c(-c2ccncc2)n1. The fourth-order valence-corrected chi connectivity index (χ4v) is 4.59. The highest BCUT2D eigenvalue weighted by Gasteiger charge is 2.24. The molecule has 28 heavy (non-hydrogen) atoms. The Hall–Kier alpha value is -2.21. The maximum atomic E-state index is 12.6. The van der Waals surface area contributed by atoms with E-state index in [1.807, 2.05) is 36.3 Å². The first-order chi connectivity index (χ1) is 13.7. The first-order valence-electron chi connectivity index (χ1n) is 10.6. The predicted molar refractivity (Wildman–Crippen MR) is 109 cm³/mol. The third kappa shape index (κ3) is 4.61. The molecule has 0 radical (unpaired) electrons. The Balaban J connectivity index is 1.29. The summed E-state index contributed by atoms with van der Waals surface area (Å²) in [6.45, 7) is 4.41. The molecule has 6 heteroatoms. The quantitative estimate of drug-likeness (QED) is 0.772. The number of hydrogen-bond acceptors (Lipinski definition) is 4. The number of aromatic nitrogens is 3. The lowest BCUT2D eigenvalue weighted by Crippen LogP contribution is -2.48. The van der Waals surface area contributed by atoms with E-state index in [1.165, 1.54) is 31.2 Å². The maximum Gasteiger partial charge on any atom is 0.222 e. The second-order valence-corrected chi connectivity index (χ2v) is 8.26. The van der Waals surface area contributed by atoms with Gasteiger partial charge in [0.1, 0.15) is 0 Å². The first-order valence-corrected chi connectivity index (χ1v) is 10.6. The molecule has 150 valence electrons. The lowest BCUT2D eigenvalue weighted by Gasteiger charge is -2.35. The van der Waals surface area contributed by atoms with Crippen molar-refractivity contribution >= 4 is 5.91 Å². The molecule has 3 heterocycles. The van der Waals surface area contributed by atoms with Crippen LogP contribution in [-0.4, -0.2) is 56.7 Å². The summed E-state index contributed by atoms with van der Waals surface area (Å²) >= 11 is 0. The maximum absolute atomic E-state index is 12.6. The van der Waals surface area contributed by atoms with Gasteiger partial charge in [-0.05, 0) is 24.5 Å². The van der Waals surface area contributed by atoms with Crippen LogP contribution in [-0.2, 0) is 18.4 Å². The molecule has 0 spiro atoms. The van der Waals surface area contributed by atoms with Crippen molar-refractivity contribution in [3.05, 3.63) is 36.3 Å². The topological polar surface area (TPSA) is 54.3 Å². The zero-order valence-corrected chi connectivity index (χ0v) is 16.9. The molecule has 2 fully saturated rings. The van der Waals surface area contributed by atoms with Crippen molar-refractivity contribution in [1.29, 1.82) is 0 Å². The largest absolute Gasteiger partial charge is 0.340 e. The highest BCUT2D eigenvalue weighted by molar-refractivity contribution is 5.76. The fraction of sp³-hybridized carbons (Fsp3) is 0.591. The Kier molecular flexibility index (Phi) is 6.05. The van der Waals surface area contributed by atoms with Gasteiger partial charge >= 0.3 is 0 Å². The van der Waals surface area contributed by atoms with E-state index in [9.17, 15) is 4.79 Å². The minimum atomic E-state index is 0.352.